The third kappa shape index (κ3) is 3.39. The number of amides is 1. The van der Waals surface area contributed by atoms with Gasteiger partial charge in [0.25, 0.3) is 17.4 Å². The van der Waals surface area contributed by atoms with Gasteiger partial charge in [-0.05, 0) is 42.0 Å². The molecule has 0 aromatic heterocycles. The van der Waals surface area contributed by atoms with Crippen LogP contribution in [0.25, 0.3) is 5.76 Å². The van der Waals surface area contributed by atoms with Crippen molar-refractivity contribution in [2.24, 2.45) is 0 Å². The van der Waals surface area contributed by atoms with Gasteiger partial charge in [-0.25, -0.2) is 0 Å². The lowest BCUT2D eigenvalue weighted by Crippen LogP contribution is -2.29. The summed E-state index contributed by atoms with van der Waals surface area (Å²) in [6.07, 6.45) is 1.46. The fourth-order valence-electron chi connectivity index (χ4n) is 3.10. The molecule has 7 nitrogen and oxygen atoms in total. The largest absolute Gasteiger partial charge is 0.507 e. The molecule has 1 N–H and O–H groups in total. The molecular formula is C20H15ClN2O5. The predicted octanol–water partition coefficient (Wildman–Crippen LogP) is 3.86. The number of nitro groups is 1. The van der Waals surface area contributed by atoms with Crippen molar-refractivity contribution in [3.63, 3.8) is 0 Å². The number of non-ortho nitro benzene ring substituents is 1. The summed E-state index contributed by atoms with van der Waals surface area (Å²) in [5, 5.41) is 22.1. The summed E-state index contributed by atoms with van der Waals surface area (Å²) in [6.45, 7) is 3.67. The Morgan fingerprint density at radius 1 is 1.18 bits per heavy atom. The first-order valence-electron chi connectivity index (χ1n) is 8.24. The van der Waals surface area contributed by atoms with Crippen LogP contribution in [0.5, 0.6) is 0 Å². The first-order chi connectivity index (χ1) is 13.3. The molecule has 2 aromatic rings. The molecule has 1 heterocycles. The number of ketones is 1. The summed E-state index contributed by atoms with van der Waals surface area (Å²) < 4.78 is 0. The summed E-state index contributed by atoms with van der Waals surface area (Å²) in [5.74, 6) is -1.96. The van der Waals surface area contributed by atoms with Crippen molar-refractivity contribution in [2.45, 2.75) is 6.04 Å². The number of carbonyl (C=O) groups excluding carboxylic acids is 2. The average Bonchev–Trinajstić information content (AvgIpc) is 2.93. The van der Waals surface area contributed by atoms with Crippen LogP contribution in [-0.4, -0.2) is 33.2 Å². The molecule has 1 fully saturated rings. The van der Waals surface area contributed by atoms with Crippen molar-refractivity contribution in [1.82, 2.24) is 4.90 Å². The van der Waals surface area contributed by atoms with E-state index in [0.717, 1.165) is 0 Å². The van der Waals surface area contributed by atoms with E-state index in [0.29, 0.717) is 16.1 Å². The number of carbonyl (C=O) groups is 2. The van der Waals surface area contributed by atoms with E-state index in [1.165, 1.54) is 47.4 Å². The van der Waals surface area contributed by atoms with Crippen LogP contribution >= 0.6 is 11.6 Å². The smallest absolute Gasteiger partial charge is 0.295 e. The number of nitrogens with zero attached hydrogens (tertiary/aromatic N) is 2. The molecule has 1 aliphatic rings. The molecule has 0 saturated carbocycles. The maximum absolute atomic E-state index is 12.7. The Morgan fingerprint density at radius 2 is 1.79 bits per heavy atom. The standard InChI is InChI=1S/C20H15ClN2O5/c1-2-11-22-17(12-5-9-15(10-6-12)23(27)28)16(19(25)20(22)26)18(24)13-3-7-14(21)8-4-13/h2-10,17,24H,1,11H2/b18-16+. The number of nitro benzene ring substituents is 1. The molecular weight excluding hydrogens is 384 g/mol. The Balaban J connectivity index is 2.17. The minimum absolute atomic E-state index is 0.0730. The van der Waals surface area contributed by atoms with E-state index in [2.05, 4.69) is 6.58 Å². The van der Waals surface area contributed by atoms with Gasteiger partial charge in [-0.15, -0.1) is 6.58 Å². The fourth-order valence-corrected chi connectivity index (χ4v) is 3.22. The van der Waals surface area contributed by atoms with Crippen molar-refractivity contribution >= 4 is 34.7 Å². The lowest BCUT2D eigenvalue weighted by molar-refractivity contribution is -0.384. The highest BCUT2D eigenvalue weighted by Gasteiger charge is 2.45. The number of halogens is 1. The van der Waals surface area contributed by atoms with Crippen LogP contribution < -0.4 is 0 Å². The average molecular weight is 399 g/mol. The predicted molar refractivity (Wildman–Crippen MR) is 104 cm³/mol. The summed E-state index contributed by atoms with van der Waals surface area (Å²) in [6, 6.07) is 10.8. The molecule has 1 amide bonds. The van der Waals surface area contributed by atoms with E-state index in [-0.39, 0.29) is 23.6 Å². The van der Waals surface area contributed by atoms with Crippen LogP contribution in [0.4, 0.5) is 5.69 Å². The van der Waals surface area contributed by atoms with Gasteiger partial charge in [0, 0.05) is 29.3 Å². The molecule has 0 aliphatic carbocycles. The van der Waals surface area contributed by atoms with Gasteiger partial charge in [0.2, 0.25) is 0 Å². The van der Waals surface area contributed by atoms with E-state index in [4.69, 9.17) is 11.6 Å². The van der Waals surface area contributed by atoms with Gasteiger partial charge < -0.3 is 10.0 Å². The van der Waals surface area contributed by atoms with E-state index in [1.807, 2.05) is 0 Å². The highest BCUT2D eigenvalue weighted by atomic mass is 35.5. The SMILES string of the molecule is C=CCN1C(=O)C(=O)/C(=C(/O)c2ccc(Cl)cc2)C1c1ccc([N+](=O)[O-])cc1. The topological polar surface area (TPSA) is 101 Å². The summed E-state index contributed by atoms with van der Waals surface area (Å²) in [4.78, 5) is 36.8. The van der Waals surface area contributed by atoms with Crippen LogP contribution in [0.1, 0.15) is 17.2 Å². The highest BCUT2D eigenvalue weighted by Crippen LogP contribution is 2.39. The van der Waals surface area contributed by atoms with Crippen LogP contribution in [0.3, 0.4) is 0 Å². The van der Waals surface area contributed by atoms with Crippen molar-refractivity contribution in [2.75, 3.05) is 6.54 Å². The van der Waals surface area contributed by atoms with Gasteiger partial charge in [-0.2, -0.15) is 0 Å². The molecule has 1 saturated heterocycles. The molecule has 142 valence electrons. The fraction of sp³-hybridized carbons (Fsp3) is 0.100. The third-order valence-electron chi connectivity index (χ3n) is 4.40. The molecule has 2 aromatic carbocycles. The van der Waals surface area contributed by atoms with E-state index in [9.17, 15) is 24.8 Å². The third-order valence-corrected chi connectivity index (χ3v) is 4.66. The summed E-state index contributed by atoms with van der Waals surface area (Å²) >= 11 is 5.86. The Labute approximate surface area is 165 Å². The molecule has 0 spiro atoms. The van der Waals surface area contributed by atoms with Crippen LogP contribution in [-0.2, 0) is 9.59 Å². The molecule has 1 aliphatic heterocycles. The van der Waals surface area contributed by atoms with Crippen LogP contribution in [0.15, 0.2) is 66.8 Å². The molecule has 8 heteroatoms. The first kappa shape index (κ1) is 19.3. The zero-order valence-corrected chi connectivity index (χ0v) is 15.3. The number of hydrogen-bond acceptors (Lipinski definition) is 5. The first-order valence-corrected chi connectivity index (χ1v) is 8.62. The maximum atomic E-state index is 12.7. The monoisotopic (exact) mass is 398 g/mol. The number of aliphatic hydroxyl groups excluding tert-OH is 1. The highest BCUT2D eigenvalue weighted by molar-refractivity contribution is 6.46. The van der Waals surface area contributed by atoms with Gasteiger partial charge in [-0.3, -0.25) is 19.7 Å². The molecule has 1 atom stereocenters. The summed E-state index contributed by atoms with van der Waals surface area (Å²) in [5.41, 5.74) is 0.570. The number of benzene rings is 2. The van der Waals surface area contributed by atoms with Crippen LogP contribution in [0.2, 0.25) is 5.02 Å². The molecule has 28 heavy (non-hydrogen) atoms. The summed E-state index contributed by atoms with van der Waals surface area (Å²) in [7, 11) is 0. The Hall–Kier alpha value is -3.45. The molecule has 3 rings (SSSR count). The van der Waals surface area contributed by atoms with E-state index < -0.39 is 22.7 Å². The second-order valence-corrected chi connectivity index (χ2v) is 6.53. The second-order valence-electron chi connectivity index (χ2n) is 6.10. The quantitative estimate of drug-likeness (QED) is 0.206. The number of aliphatic hydroxyl groups is 1. The van der Waals surface area contributed by atoms with Crippen molar-refractivity contribution in [3.8, 4) is 0 Å². The van der Waals surface area contributed by atoms with Gasteiger partial charge >= 0.3 is 0 Å². The van der Waals surface area contributed by atoms with Gasteiger partial charge in [0.15, 0.2) is 0 Å². The van der Waals surface area contributed by atoms with Crippen molar-refractivity contribution in [1.29, 1.82) is 0 Å². The zero-order valence-electron chi connectivity index (χ0n) is 14.5. The number of likely N-dealkylation sites (tertiary alicyclic amines) is 1. The van der Waals surface area contributed by atoms with E-state index >= 15 is 0 Å². The lowest BCUT2D eigenvalue weighted by atomic mass is 9.95. The van der Waals surface area contributed by atoms with E-state index in [1.54, 1.807) is 12.1 Å². The maximum Gasteiger partial charge on any atom is 0.295 e. The molecule has 0 bridgehead atoms. The van der Waals surface area contributed by atoms with Crippen molar-refractivity contribution < 1.29 is 19.6 Å². The number of rotatable bonds is 5. The minimum atomic E-state index is -0.894. The van der Waals surface area contributed by atoms with Gasteiger partial charge in [0.1, 0.15) is 5.76 Å². The lowest BCUT2D eigenvalue weighted by Gasteiger charge is -2.24. The molecule has 1 unspecified atom stereocenters. The Kier molecular flexibility index (Phi) is 5.28. The normalized spacial score (nSPS) is 18.3. The number of Topliss-reactive ketones (excluding diaryl/α,β-unsaturated/α-hetero) is 1. The van der Waals surface area contributed by atoms with Crippen LogP contribution in [0, 0.1) is 10.1 Å². The molecule has 0 radical (unpaired) electrons. The Bertz CT molecular complexity index is 996. The zero-order chi connectivity index (χ0) is 20.4. The minimum Gasteiger partial charge on any atom is -0.507 e. The second kappa shape index (κ2) is 7.66. The Morgan fingerprint density at radius 3 is 2.32 bits per heavy atom. The van der Waals surface area contributed by atoms with Crippen molar-refractivity contribution in [3.05, 3.63) is 93.0 Å². The number of hydrogen-bond donors (Lipinski definition) is 1. The van der Waals surface area contributed by atoms with Gasteiger partial charge in [-0.1, -0.05) is 17.7 Å². The van der Waals surface area contributed by atoms with Gasteiger partial charge in [0.05, 0.1) is 16.5 Å².